The Morgan fingerprint density at radius 2 is 2.18 bits per heavy atom. The van der Waals surface area contributed by atoms with Crippen molar-refractivity contribution < 1.29 is 9.90 Å². The molecule has 1 amide bonds. The third-order valence-corrected chi connectivity index (χ3v) is 3.62. The molecule has 0 saturated heterocycles. The van der Waals surface area contributed by atoms with E-state index in [0.29, 0.717) is 24.3 Å². The minimum atomic E-state index is -0.405. The summed E-state index contributed by atoms with van der Waals surface area (Å²) in [5, 5.41) is 16.8. The molecule has 2 aromatic rings. The second kappa shape index (κ2) is 7.17. The van der Waals surface area contributed by atoms with Crippen molar-refractivity contribution in [3.8, 4) is 5.82 Å². The van der Waals surface area contributed by atoms with Crippen LogP contribution in [0.3, 0.4) is 0 Å². The lowest BCUT2D eigenvalue weighted by Gasteiger charge is -2.14. The van der Waals surface area contributed by atoms with Gasteiger partial charge < -0.3 is 10.4 Å². The molecular weight excluding hydrogens is 280 g/mol. The summed E-state index contributed by atoms with van der Waals surface area (Å²) in [7, 11) is 0. The van der Waals surface area contributed by atoms with Gasteiger partial charge in [0.1, 0.15) is 0 Å². The van der Waals surface area contributed by atoms with Crippen LogP contribution in [0.1, 0.15) is 36.3 Å². The highest BCUT2D eigenvalue weighted by Crippen LogP contribution is 2.12. The molecule has 0 radical (unpaired) electrons. The third kappa shape index (κ3) is 3.71. The van der Waals surface area contributed by atoms with Gasteiger partial charge in [-0.3, -0.25) is 4.79 Å². The first-order valence-corrected chi connectivity index (χ1v) is 7.43. The van der Waals surface area contributed by atoms with Crippen molar-refractivity contribution in [2.75, 3.05) is 6.54 Å². The van der Waals surface area contributed by atoms with Crippen molar-refractivity contribution in [2.45, 2.75) is 33.3 Å². The van der Waals surface area contributed by atoms with Gasteiger partial charge in [-0.2, -0.15) is 5.10 Å². The van der Waals surface area contributed by atoms with Crippen LogP contribution in [0.5, 0.6) is 0 Å². The maximum Gasteiger partial charge on any atom is 0.254 e. The number of aliphatic hydroxyl groups excluding tert-OH is 1. The Labute approximate surface area is 130 Å². The molecule has 2 N–H and O–H groups in total. The molecule has 2 aromatic heterocycles. The highest BCUT2D eigenvalue weighted by Gasteiger charge is 2.16. The number of rotatable bonds is 6. The molecule has 6 nitrogen and oxygen atoms in total. The summed E-state index contributed by atoms with van der Waals surface area (Å²) in [6, 6.07) is 5.53. The molecule has 0 aliphatic heterocycles. The summed E-state index contributed by atoms with van der Waals surface area (Å²) in [5.74, 6) is 0.676. The fraction of sp³-hybridized carbons (Fsp3) is 0.438. The number of amides is 1. The molecule has 2 heterocycles. The molecule has 0 aliphatic carbocycles. The van der Waals surface area contributed by atoms with Crippen LogP contribution in [-0.2, 0) is 0 Å². The topological polar surface area (TPSA) is 80.0 Å². The predicted molar refractivity (Wildman–Crippen MR) is 83.9 cm³/mol. The van der Waals surface area contributed by atoms with E-state index in [1.54, 1.807) is 10.9 Å². The Hall–Kier alpha value is -2.21. The lowest BCUT2D eigenvalue weighted by atomic mass is 10.0. The minimum Gasteiger partial charge on any atom is -0.393 e. The molecular formula is C16H22N4O2. The molecule has 0 bridgehead atoms. The molecule has 0 saturated carbocycles. The second-order valence-electron chi connectivity index (χ2n) is 5.60. The van der Waals surface area contributed by atoms with Crippen LogP contribution >= 0.6 is 0 Å². The number of aromatic nitrogens is 3. The van der Waals surface area contributed by atoms with Gasteiger partial charge in [-0.15, -0.1) is 0 Å². The van der Waals surface area contributed by atoms with Crippen molar-refractivity contribution in [3.63, 3.8) is 0 Å². The maximum atomic E-state index is 12.2. The molecule has 6 heteroatoms. The third-order valence-electron chi connectivity index (χ3n) is 3.62. The number of pyridine rings is 1. The summed E-state index contributed by atoms with van der Waals surface area (Å²) in [6.07, 6.45) is 3.36. The van der Waals surface area contributed by atoms with E-state index in [1.165, 1.54) is 6.20 Å². The van der Waals surface area contributed by atoms with E-state index in [2.05, 4.69) is 15.4 Å². The highest BCUT2D eigenvalue weighted by molar-refractivity contribution is 5.95. The van der Waals surface area contributed by atoms with E-state index in [9.17, 15) is 9.90 Å². The Kier molecular flexibility index (Phi) is 5.27. The smallest absolute Gasteiger partial charge is 0.254 e. The van der Waals surface area contributed by atoms with E-state index in [-0.39, 0.29) is 11.8 Å². The largest absolute Gasteiger partial charge is 0.393 e. The van der Waals surface area contributed by atoms with Gasteiger partial charge in [0.05, 0.1) is 23.6 Å². The number of hydrogen-bond donors (Lipinski definition) is 2. The molecule has 118 valence electrons. The molecule has 1 atom stereocenters. The van der Waals surface area contributed by atoms with Crippen LogP contribution < -0.4 is 5.32 Å². The van der Waals surface area contributed by atoms with Crippen LogP contribution in [0.4, 0.5) is 0 Å². The fourth-order valence-corrected chi connectivity index (χ4v) is 2.10. The van der Waals surface area contributed by atoms with Gasteiger partial charge in [-0.1, -0.05) is 19.9 Å². The van der Waals surface area contributed by atoms with Crippen LogP contribution in [0.2, 0.25) is 0 Å². The Morgan fingerprint density at radius 1 is 1.41 bits per heavy atom. The molecule has 0 fully saturated rings. The number of hydrogen-bond acceptors (Lipinski definition) is 4. The zero-order valence-electron chi connectivity index (χ0n) is 13.2. The average Bonchev–Trinajstić information content (AvgIpc) is 2.89. The SMILES string of the molecule is Cc1c(C(=O)NCCC(O)C(C)C)cnn1-c1ccccn1. The van der Waals surface area contributed by atoms with E-state index in [1.807, 2.05) is 39.0 Å². The summed E-state index contributed by atoms with van der Waals surface area (Å²) >= 11 is 0. The monoisotopic (exact) mass is 302 g/mol. The lowest BCUT2D eigenvalue weighted by Crippen LogP contribution is -2.29. The van der Waals surface area contributed by atoms with Gasteiger partial charge in [0.2, 0.25) is 0 Å². The van der Waals surface area contributed by atoms with Crippen LogP contribution in [0, 0.1) is 12.8 Å². The Morgan fingerprint density at radius 3 is 2.82 bits per heavy atom. The van der Waals surface area contributed by atoms with Gasteiger partial charge in [-0.25, -0.2) is 9.67 Å². The van der Waals surface area contributed by atoms with Crippen LogP contribution in [0.25, 0.3) is 5.82 Å². The standard InChI is InChI=1S/C16H22N4O2/c1-11(2)14(21)7-9-18-16(22)13-10-19-20(12(13)3)15-6-4-5-8-17-15/h4-6,8,10-11,14,21H,7,9H2,1-3H3,(H,18,22). The van der Waals surface area contributed by atoms with E-state index in [4.69, 9.17) is 0 Å². The van der Waals surface area contributed by atoms with E-state index < -0.39 is 6.10 Å². The van der Waals surface area contributed by atoms with Gasteiger partial charge in [-0.05, 0) is 31.4 Å². The quantitative estimate of drug-likeness (QED) is 0.851. The normalized spacial score (nSPS) is 12.4. The first kappa shape index (κ1) is 16.2. The van der Waals surface area contributed by atoms with Crippen LogP contribution in [-0.4, -0.2) is 38.4 Å². The molecule has 2 rings (SSSR count). The second-order valence-corrected chi connectivity index (χ2v) is 5.60. The van der Waals surface area contributed by atoms with Crippen molar-refractivity contribution in [1.82, 2.24) is 20.1 Å². The van der Waals surface area contributed by atoms with Crippen molar-refractivity contribution >= 4 is 5.91 Å². The van der Waals surface area contributed by atoms with Crippen molar-refractivity contribution in [2.24, 2.45) is 5.92 Å². The summed E-state index contributed by atoms with van der Waals surface area (Å²) in [6.45, 7) is 6.17. The zero-order valence-corrected chi connectivity index (χ0v) is 13.2. The molecule has 0 aliphatic rings. The Balaban J connectivity index is 2.01. The number of carbonyl (C=O) groups is 1. The predicted octanol–water partition coefficient (Wildman–Crippen LogP) is 1.71. The summed E-state index contributed by atoms with van der Waals surface area (Å²) in [4.78, 5) is 16.4. The first-order chi connectivity index (χ1) is 10.5. The summed E-state index contributed by atoms with van der Waals surface area (Å²) in [5.41, 5.74) is 1.25. The molecule has 0 aromatic carbocycles. The van der Waals surface area contributed by atoms with Gasteiger partial charge >= 0.3 is 0 Å². The van der Waals surface area contributed by atoms with Crippen molar-refractivity contribution in [1.29, 1.82) is 0 Å². The average molecular weight is 302 g/mol. The van der Waals surface area contributed by atoms with E-state index in [0.717, 1.165) is 5.69 Å². The number of carbonyl (C=O) groups excluding carboxylic acids is 1. The van der Waals surface area contributed by atoms with Gasteiger partial charge in [0.15, 0.2) is 5.82 Å². The number of aliphatic hydroxyl groups is 1. The zero-order chi connectivity index (χ0) is 16.1. The first-order valence-electron chi connectivity index (χ1n) is 7.43. The maximum absolute atomic E-state index is 12.2. The molecule has 0 spiro atoms. The van der Waals surface area contributed by atoms with Gasteiger partial charge in [0.25, 0.3) is 5.91 Å². The fourth-order valence-electron chi connectivity index (χ4n) is 2.10. The molecule has 22 heavy (non-hydrogen) atoms. The molecule has 1 unspecified atom stereocenters. The number of nitrogens with zero attached hydrogens (tertiary/aromatic N) is 3. The number of nitrogens with one attached hydrogen (secondary N) is 1. The lowest BCUT2D eigenvalue weighted by molar-refractivity contribution is 0.0919. The highest BCUT2D eigenvalue weighted by atomic mass is 16.3. The van der Waals surface area contributed by atoms with Gasteiger partial charge in [0, 0.05) is 12.7 Å². The van der Waals surface area contributed by atoms with E-state index >= 15 is 0 Å². The Bertz CT molecular complexity index is 622. The van der Waals surface area contributed by atoms with Crippen molar-refractivity contribution in [3.05, 3.63) is 41.9 Å². The summed E-state index contributed by atoms with van der Waals surface area (Å²) < 4.78 is 1.64. The van der Waals surface area contributed by atoms with Crippen LogP contribution in [0.15, 0.2) is 30.6 Å². The minimum absolute atomic E-state index is 0.185.